The van der Waals surface area contributed by atoms with Gasteiger partial charge in [-0.25, -0.2) is 0 Å². The van der Waals surface area contributed by atoms with Gasteiger partial charge in [0.25, 0.3) is 0 Å². The number of hydrogen-bond donors (Lipinski definition) is 0. The molecule has 0 fully saturated rings. The van der Waals surface area contributed by atoms with Crippen LogP contribution in [0, 0.1) is 6.92 Å². The Morgan fingerprint density at radius 3 is 0.950 bits per heavy atom. The molecule has 0 saturated heterocycles. The van der Waals surface area contributed by atoms with Crippen molar-refractivity contribution in [1.82, 2.24) is 0 Å². The molecule has 0 unspecified atom stereocenters. The quantitative estimate of drug-likeness (QED) is 0.181. The molecule has 5 aromatic carbocycles. The van der Waals surface area contributed by atoms with Crippen LogP contribution in [0.1, 0.15) is 54.7 Å². The fourth-order valence-electron chi connectivity index (χ4n) is 4.09. The molecule has 40 heavy (non-hydrogen) atoms. The van der Waals surface area contributed by atoms with Crippen LogP contribution in [0.4, 0.5) is 0 Å². The molecule has 0 radical (unpaired) electrons. The summed E-state index contributed by atoms with van der Waals surface area (Å²) in [5.74, 6) is 2.23. The van der Waals surface area contributed by atoms with Gasteiger partial charge in [0.2, 0.25) is 0 Å². The number of ketones is 3. The van der Waals surface area contributed by atoms with E-state index >= 15 is 0 Å². The monoisotopic (exact) mass is 526 g/mol. The van der Waals surface area contributed by atoms with E-state index in [1.807, 2.05) is 31.2 Å². The van der Waals surface area contributed by atoms with Crippen molar-refractivity contribution in [1.29, 1.82) is 0 Å². The highest BCUT2D eigenvalue weighted by Crippen LogP contribution is 2.25. The largest absolute Gasteiger partial charge is 0.457 e. The first kappa shape index (κ1) is 26.3. The lowest BCUT2D eigenvalue weighted by molar-refractivity contribution is 0.101. The molecule has 0 heterocycles. The molecule has 0 atom stereocenters. The molecule has 0 aliphatic heterocycles. The summed E-state index contributed by atoms with van der Waals surface area (Å²) in [7, 11) is 0. The minimum atomic E-state index is -0.140. The van der Waals surface area contributed by atoms with Crippen molar-refractivity contribution in [2.75, 3.05) is 0 Å². The van der Waals surface area contributed by atoms with Gasteiger partial charge in [0.15, 0.2) is 17.3 Å². The van der Waals surface area contributed by atoms with Gasteiger partial charge in [-0.3, -0.25) is 14.4 Å². The molecule has 0 aromatic heterocycles. The third-order valence-electron chi connectivity index (χ3n) is 6.40. The van der Waals surface area contributed by atoms with Gasteiger partial charge in [0.1, 0.15) is 23.0 Å². The number of carbonyl (C=O) groups is 3. The first-order chi connectivity index (χ1) is 19.4. The van der Waals surface area contributed by atoms with E-state index in [1.165, 1.54) is 6.92 Å². The second-order valence-electron chi connectivity index (χ2n) is 9.38. The maximum atomic E-state index is 13.0. The Labute approximate surface area is 232 Å². The number of hydrogen-bond acceptors (Lipinski definition) is 5. The molecule has 5 nitrogen and oxygen atoms in total. The topological polar surface area (TPSA) is 69.7 Å². The van der Waals surface area contributed by atoms with Gasteiger partial charge in [-0.05, 0) is 98.8 Å². The lowest BCUT2D eigenvalue weighted by atomic mass is 10.0. The molecule has 0 N–H and O–H groups in total. The summed E-state index contributed by atoms with van der Waals surface area (Å²) in [6.07, 6.45) is 0. The second-order valence-corrected chi connectivity index (χ2v) is 9.38. The van der Waals surface area contributed by atoms with Crippen molar-refractivity contribution in [3.63, 3.8) is 0 Å². The summed E-state index contributed by atoms with van der Waals surface area (Å²) in [4.78, 5) is 37.2. The van der Waals surface area contributed by atoms with Gasteiger partial charge in [0, 0.05) is 27.8 Å². The third kappa shape index (κ3) is 6.22. The van der Waals surface area contributed by atoms with E-state index in [9.17, 15) is 14.4 Å². The molecule has 196 valence electrons. The Morgan fingerprint density at radius 2 is 0.650 bits per heavy atom. The molecular weight excluding hydrogens is 500 g/mol. The van der Waals surface area contributed by atoms with Gasteiger partial charge < -0.3 is 9.47 Å². The zero-order valence-electron chi connectivity index (χ0n) is 22.1. The summed E-state index contributed by atoms with van der Waals surface area (Å²) in [5, 5.41) is 0. The number of rotatable bonds is 9. The van der Waals surface area contributed by atoms with Crippen LogP contribution in [-0.4, -0.2) is 17.3 Å². The molecule has 0 amide bonds. The fourth-order valence-corrected chi connectivity index (χ4v) is 4.09. The highest BCUT2D eigenvalue weighted by Gasteiger charge is 2.12. The summed E-state index contributed by atoms with van der Waals surface area (Å²) < 4.78 is 11.7. The summed E-state index contributed by atoms with van der Waals surface area (Å²) in [5.41, 5.74) is 3.84. The maximum absolute atomic E-state index is 13.0. The Morgan fingerprint density at radius 1 is 0.400 bits per heavy atom. The Kier molecular flexibility index (Phi) is 7.65. The second kappa shape index (κ2) is 11.6. The fraction of sp³-hybridized carbons (Fsp3) is 0.0571. The predicted molar refractivity (Wildman–Crippen MR) is 154 cm³/mol. The normalized spacial score (nSPS) is 10.6. The van der Waals surface area contributed by atoms with E-state index in [1.54, 1.807) is 97.1 Å². The van der Waals surface area contributed by atoms with Crippen molar-refractivity contribution in [2.24, 2.45) is 0 Å². The molecule has 5 rings (SSSR count). The zero-order chi connectivity index (χ0) is 28.1. The minimum absolute atomic E-state index is 0.0452. The van der Waals surface area contributed by atoms with Crippen LogP contribution in [-0.2, 0) is 0 Å². The lowest BCUT2D eigenvalue weighted by Gasteiger charge is -2.09. The van der Waals surface area contributed by atoms with Gasteiger partial charge in [-0.1, -0.05) is 42.0 Å². The van der Waals surface area contributed by atoms with Gasteiger partial charge >= 0.3 is 0 Å². The Hall–Kier alpha value is -5.29. The summed E-state index contributed by atoms with van der Waals surface area (Å²) >= 11 is 0. The first-order valence-electron chi connectivity index (χ1n) is 12.8. The number of Topliss-reactive ketones (excluding diaryl/α,β-unsaturated/α-hetero) is 1. The van der Waals surface area contributed by atoms with E-state index in [-0.39, 0.29) is 17.3 Å². The SMILES string of the molecule is CC(=O)c1ccc(C(=O)c2ccc(Oc3ccc(C(=O)c4ccc(Oc5ccc(C)cc5)cc4)cc3)cc2)cc1. The lowest BCUT2D eigenvalue weighted by Crippen LogP contribution is -2.02. The van der Waals surface area contributed by atoms with Crippen LogP contribution in [0.15, 0.2) is 121 Å². The molecular formula is C35H26O5. The van der Waals surface area contributed by atoms with Crippen LogP contribution in [0.5, 0.6) is 23.0 Å². The molecule has 0 aliphatic rings. The van der Waals surface area contributed by atoms with Crippen LogP contribution < -0.4 is 9.47 Å². The van der Waals surface area contributed by atoms with Crippen LogP contribution >= 0.6 is 0 Å². The van der Waals surface area contributed by atoms with Gasteiger partial charge in [-0.2, -0.15) is 0 Å². The van der Waals surface area contributed by atoms with E-state index in [4.69, 9.17) is 9.47 Å². The number of ether oxygens (including phenoxy) is 2. The smallest absolute Gasteiger partial charge is 0.193 e. The molecule has 0 bridgehead atoms. The van der Waals surface area contributed by atoms with Crippen molar-refractivity contribution in [3.05, 3.63) is 155 Å². The Bertz CT molecular complexity index is 1650. The predicted octanol–water partition coefficient (Wildman–Crippen LogP) is 8.24. The highest BCUT2D eigenvalue weighted by molar-refractivity contribution is 6.10. The third-order valence-corrected chi connectivity index (χ3v) is 6.40. The molecule has 5 aromatic rings. The van der Waals surface area contributed by atoms with E-state index < -0.39 is 0 Å². The summed E-state index contributed by atoms with van der Waals surface area (Å²) in [6.45, 7) is 3.51. The van der Waals surface area contributed by atoms with E-state index in [0.717, 1.165) is 11.3 Å². The number of carbonyl (C=O) groups excluding carboxylic acids is 3. The maximum Gasteiger partial charge on any atom is 0.193 e. The number of benzene rings is 5. The molecule has 5 heteroatoms. The van der Waals surface area contributed by atoms with Gasteiger partial charge in [0.05, 0.1) is 0 Å². The standard InChI is InChI=1S/C35H26O5/c1-23-3-15-30(16-4-23)39-31-17-11-28(12-18-31)35(38)29-13-21-33(22-14-29)40-32-19-9-27(10-20-32)34(37)26-7-5-25(6-8-26)24(2)36/h3-22H,1-2H3. The van der Waals surface area contributed by atoms with Gasteiger partial charge in [-0.15, -0.1) is 0 Å². The van der Waals surface area contributed by atoms with Crippen molar-refractivity contribution in [3.8, 4) is 23.0 Å². The van der Waals surface area contributed by atoms with E-state index in [2.05, 4.69) is 0 Å². The van der Waals surface area contributed by atoms with Crippen LogP contribution in [0.25, 0.3) is 0 Å². The van der Waals surface area contributed by atoms with Crippen LogP contribution in [0.2, 0.25) is 0 Å². The van der Waals surface area contributed by atoms with Crippen molar-refractivity contribution < 1.29 is 23.9 Å². The molecule has 0 spiro atoms. The summed E-state index contributed by atoms with van der Waals surface area (Å²) in [6, 6.07) is 35.2. The average Bonchev–Trinajstić information content (AvgIpc) is 2.99. The zero-order valence-corrected chi connectivity index (χ0v) is 22.1. The molecule has 0 saturated carbocycles. The van der Waals surface area contributed by atoms with Crippen molar-refractivity contribution in [2.45, 2.75) is 13.8 Å². The number of aryl methyl sites for hydroxylation is 1. The minimum Gasteiger partial charge on any atom is -0.457 e. The Balaban J connectivity index is 1.19. The average molecular weight is 527 g/mol. The molecule has 0 aliphatic carbocycles. The highest BCUT2D eigenvalue weighted by atomic mass is 16.5. The van der Waals surface area contributed by atoms with Crippen LogP contribution in [0.3, 0.4) is 0 Å². The van der Waals surface area contributed by atoms with E-state index in [0.29, 0.717) is 45.1 Å². The first-order valence-corrected chi connectivity index (χ1v) is 12.8. The van der Waals surface area contributed by atoms with Crippen molar-refractivity contribution >= 4 is 17.3 Å².